The molecule has 0 aliphatic rings. The lowest BCUT2D eigenvalue weighted by Gasteiger charge is -2.17. The molecule has 0 spiro atoms. The van der Waals surface area contributed by atoms with Crippen molar-refractivity contribution in [3.63, 3.8) is 0 Å². The van der Waals surface area contributed by atoms with E-state index in [0.717, 1.165) is 0 Å². The molecule has 0 bridgehead atoms. The van der Waals surface area contributed by atoms with Crippen molar-refractivity contribution in [3.05, 3.63) is 35.9 Å². The van der Waals surface area contributed by atoms with Crippen LogP contribution in [0, 0.1) is 0 Å². The molecule has 0 heterocycles. The lowest BCUT2D eigenvalue weighted by molar-refractivity contribution is -0.102. The number of halogens is 1. The van der Waals surface area contributed by atoms with Crippen LogP contribution in [0.1, 0.15) is 25.3 Å². The molecule has 1 rings (SSSR count). The van der Waals surface area contributed by atoms with Crippen molar-refractivity contribution >= 4 is 0 Å². The minimum absolute atomic E-state index is 0.150. The van der Waals surface area contributed by atoms with E-state index in [0.29, 0.717) is 12.0 Å². The quantitative estimate of drug-likeness (QED) is 0.735. The molecule has 0 aliphatic heterocycles. The largest absolute Gasteiger partial charge is 0.358 e. The summed E-state index contributed by atoms with van der Waals surface area (Å²) < 4.78 is 13.4. The summed E-state index contributed by atoms with van der Waals surface area (Å²) in [6.45, 7) is 1.84. The lowest BCUT2D eigenvalue weighted by Crippen LogP contribution is -2.18. The summed E-state index contributed by atoms with van der Waals surface area (Å²) in [5.74, 6) is -2.16. The lowest BCUT2D eigenvalue weighted by atomic mass is 10.0. The Morgan fingerprint density at radius 3 is 2.42 bits per heavy atom. The highest BCUT2D eigenvalue weighted by molar-refractivity contribution is 5.19. The molecule has 0 saturated carbocycles. The maximum absolute atomic E-state index is 13.4. The molecule has 66 valence electrons. The van der Waals surface area contributed by atoms with Crippen molar-refractivity contribution < 1.29 is 9.50 Å². The molecule has 0 fully saturated rings. The second-order valence-corrected chi connectivity index (χ2v) is 2.88. The first-order valence-corrected chi connectivity index (χ1v) is 4.13. The van der Waals surface area contributed by atoms with Gasteiger partial charge in [-0.25, -0.2) is 4.39 Å². The van der Waals surface area contributed by atoms with E-state index in [1.807, 2.05) is 6.92 Å². The van der Waals surface area contributed by atoms with Gasteiger partial charge in [0.1, 0.15) is 0 Å². The van der Waals surface area contributed by atoms with Gasteiger partial charge in [0, 0.05) is 12.0 Å². The number of hydrogen-bond acceptors (Lipinski definition) is 1. The van der Waals surface area contributed by atoms with Gasteiger partial charge in [0.15, 0.2) is 0 Å². The van der Waals surface area contributed by atoms with Gasteiger partial charge in [-0.15, -0.1) is 0 Å². The molecule has 0 aromatic heterocycles. The summed E-state index contributed by atoms with van der Waals surface area (Å²) in [7, 11) is 0. The zero-order valence-electron chi connectivity index (χ0n) is 7.13. The van der Waals surface area contributed by atoms with Crippen LogP contribution in [-0.4, -0.2) is 5.11 Å². The molecule has 0 aliphatic carbocycles. The van der Waals surface area contributed by atoms with Gasteiger partial charge in [0.05, 0.1) is 0 Å². The highest BCUT2D eigenvalue weighted by Gasteiger charge is 2.26. The van der Waals surface area contributed by atoms with Crippen LogP contribution in [0.25, 0.3) is 0 Å². The minimum Gasteiger partial charge on any atom is -0.358 e. The molecule has 0 amide bonds. The summed E-state index contributed by atoms with van der Waals surface area (Å²) >= 11 is 0. The van der Waals surface area contributed by atoms with Gasteiger partial charge in [0.2, 0.25) is 5.85 Å². The van der Waals surface area contributed by atoms with Gasteiger partial charge < -0.3 is 5.11 Å². The molecular formula is C10H13FO. The van der Waals surface area contributed by atoms with Crippen molar-refractivity contribution in [3.8, 4) is 0 Å². The van der Waals surface area contributed by atoms with Crippen LogP contribution in [0.3, 0.4) is 0 Å². The van der Waals surface area contributed by atoms with E-state index in [2.05, 4.69) is 0 Å². The first-order chi connectivity index (χ1) is 5.67. The summed E-state index contributed by atoms with van der Waals surface area (Å²) in [6.07, 6.45) is 0.777. The SMILES string of the molecule is CCCC(O)(F)c1ccccc1. The van der Waals surface area contributed by atoms with Crippen LogP contribution >= 0.6 is 0 Å². The molecule has 0 radical (unpaired) electrons. The van der Waals surface area contributed by atoms with Crippen LogP contribution in [0.2, 0.25) is 0 Å². The first-order valence-electron chi connectivity index (χ1n) is 4.13. The predicted molar refractivity (Wildman–Crippen MR) is 46.4 cm³/mol. The molecule has 1 atom stereocenters. The average Bonchev–Trinajstić information content (AvgIpc) is 2.06. The van der Waals surface area contributed by atoms with E-state index in [1.54, 1.807) is 30.3 Å². The molecular weight excluding hydrogens is 155 g/mol. The average molecular weight is 168 g/mol. The molecule has 12 heavy (non-hydrogen) atoms. The second kappa shape index (κ2) is 3.68. The Bertz CT molecular complexity index is 231. The molecule has 1 N–H and O–H groups in total. The Labute approximate surface area is 71.9 Å². The van der Waals surface area contributed by atoms with E-state index < -0.39 is 5.85 Å². The number of benzene rings is 1. The zero-order chi connectivity index (χ0) is 9.03. The molecule has 1 nitrogen and oxygen atoms in total. The Hall–Kier alpha value is -0.890. The topological polar surface area (TPSA) is 20.2 Å². The second-order valence-electron chi connectivity index (χ2n) is 2.88. The number of hydrogen-bond donors (Lipinski definition) is 1. The molecule has 0 saturated heterocycles. The Kier molecular flexibility index (Phi) is 2.82. The Morgan fingerprint density at radius 2 is 1.92 bits per heavy atom. The minimum atomic E-state index is -2.16. The summed E-state index contributed by atoms with van der Waals surface area (Å²) in [5, 5.41) is 9.32. The number of alkyl halides is 1. The molecule has 2 heteroatoms. The highest BCUT2D eigenvalue weighted by Crippen LogP contribution is 2.27. The van der Waals surface area contributed by atoms with Gasteiger partial charge in [-0.3, -0.25) is 0 Å². The normalized spacial score (nSPS) is 15.6. The van der Waals surface area contributed by atoms with Crippen LogP contribution < -0.4 is 0 Å². The molecule has 1 aromatic carbocycles. The monoisotopic (exact) mass is 168 g/mol. The third-order valence-electron chi connectivity index (χ3n) is 1.80. The van der Waals surface area contributed by atoms with Crippen LogP contribution in [-0.2, 0) is 5.85 Å². The summed E-state index contributed by atoms with van der Waals surface area (Å²) in [6, 6.07) is 8.42. The van der Waals surface area contributed by atoms with E-state index in [1.165, 1.54) is 0 Å². The predicted octanol–water partition coefficient (Wildman–Crippen LogP) is 2.60. The fourth-order valence-electron chi connectivity index (χ4n) is 1.17. The summed E-state index contributed by atoms with van der Waals surface area (Å²) in [5.41, 5.74) is 0.340. The maximum Gasteiger partial charge on any atom is 0.232 e. The van der Waals surface area contributed by atoms with Crippen molar-refractivity contribution in [2.45, 2.75) is 25.6 Å². The molecule has 1 aromatic rings. The van der Waals surface area contributed by atoms with E-state index in [-0.39, 0.29) is 6.42 Å². The van der Waals surface area contributed by atoms with Crippen molar-refractivity contribution in [2.24, 2.45) is 0 Å². The molecule has 1 unspecified atom stereocenters. The third kappa shape index (κ3) is 2.05. The van der Waals surface area contributed by atoms with Gasteiger partial charge in [-0.2, -0.15) is 0 Å². The number of aliphatic hydroxyl groups is 1. The van der Waals surface area contributed by atoms with E-state index >= 15 is 0 Å². The Balaban J connectivity index is 2.82. The fourth-order valence-corrected chi connectivity index (χ4v) is 1.17. The zero-order valence-corrected chi connectivity index (χ0v) is 7.13. The third-order valence-corrected chi connectivity index (χ3v) is 1.80. The van der Waals surface area contributed by atoms with Crippen LogP contribution in [0.15, 0.2) is 30.3 Å². The van der Waals surface area contributed by atoms with Crippen LogP contribution in [0.5, 0.6) is 0 Å². The smallest absolute Gasteiger partial charge is 0.232 e. The van der Waals surface area contributed by atoms with E-state index in [9.17, 15) is 9.50 Å². The standard InChI is InChI=1S/C10H13FO/c1-2-8-10(11,12)9-6-4-3-5-7-9/h3-7,12H,2,8H2,1H3. The van der Waals surface area contributed by atoms with Gasteiger partial charge in [0.25, 0.3) is 0 Å². The van der Waals surface area contributed by atoms with Crippen molar-refractivity contribution in [1.29, 1.82) is 0 Å². The van der Waals surface area contributed by atoms with Crippen molar-refractivity contribution in [1.82, 2.24) is 0 Å². The van der Waals surface area contributed by atoms with Crippen molar-refractivity contribution in [2.75, 3.05) is 0 Å². The van der Waals surface area contributed by atoms with Crippen LogP contribution in [0.4, 0.5) is 4.39 Å². The number of rotatable bonds is 3. The van der Waals surface area contributed by atoms with E-state index in [4.69, 9.17) is 0 Å². The van der Waals surface area contributed by atoms with Gasteiger partial charge in [-0.1, -0.05) is 43.7 Å². The van der Waals surface area contributed by atoms with Gasteiger partial charge >= 0.3 is 0 Å². The fraction of sp³-hybridized carbons (Fsp3) is 0.400. The van der Waals surface area contributed by atoms with Gasteiger partial charge in [-0.05, 0) is 0 Å². The first kappa shape index (κ1) is 9.20. The summed E-state index contributed by atoms with van der Waals surface area (Å²) in [4.78, 5) is 0. The highest BCUT2D eigenvalue weighted by atomic mass is 19.2. The Morgan fingerprint density at radius 1 is 1.33 bits per heavy atom. The maximum atomic E-state index is 13.4.